The van der Waals surface area contributed by atoms with Crippen molar-refractivity contribution in [2.45, 2.75) is 19.8 Å². The van der Waals surface area contributed by atoms with E-state index < -0.39 is 0 Å². The average molecular weight is 310 g/mol. The molecule has 0 aliphatic heterocycles. The third kappa shape index (κ3) is 4.39. The fourth-order valence-electron chi connectivity index (χ4n) is 1.48. The lowest BCUT2D eigenvalue weighted by atomic mass is 10.2. The van der Waals surface area contributed by atoms with E-state index in [2.05, 4.69) is 20.8 Å². The maximum atomic E-state index is 11.6. The zero-order valence-electron chi connectivity index (χ0n) is 10.9. The van der Waals surface area contributed by atoms with Gasteiger partial charge in [0.2, 0.25) is 11.0 Å². The minimum atomic E-state index is -0.120. The molecule has 2 aromatic rings. The molecule has 0 saturated heterocycles. The molecule has 20 heavy (non-hydrogen) atoms. The van der Waals surface area contributed by atoms with E-state index in [1.54, 1.807) is 11.4 Å². The maximum Gasteiger partial charge on any atom is 0.252 e. The number of amides is 2. The van der Waals surface area contributed by atoms with Crippen LogP contribution in [-0.2, 0) is 4.79 Å². The first-order valence-electron chi connectivity index (χ1n) is 6.05. The molecule has 2 aromatic heterocycles. The predicted molar refractivity (Wildman–Crippen MR) is 79.2 cm³/mol. The van der Waals surface area contributed by atoms with E-state index in [0.717, 1.165) is 5.01 Å². The van der Waals surface area contributed by atoms with E-state index in [9.17, 15) is 9.59 Å². The topological polar surface area (TPSA) is 84.0 Å². The number of carbonyl (C=O) groups is 2. The third-order valence-corrected chi connectivity index (χ3v) is 3.86. The number of hydrogen-bond donors (Lipinski definition) is 2. The van der Waals surface area contributed by atoms with Gasteiger partial charge in [0.25, 0.3) is 5.91 Å². The van der Waals surface area contributed by atoms with Crippen LogP contribution in [0.2, 0.25) is 0 Å². The molecule has 0 aliphatic carbocycles. The van der Waals surface area contributed by atoms with Gasteiger partial charge in [-0.1, -0.05) is 11.3 Å². The quantitative estimate of drug-likeness (QED) is 0.800. The minimum absolute atomic E-state index is 0.105. The minimum Gasteiger partial charge on any atom is -0.352 e. The molecule has 106 valence electrons. The van der Waals surface area contributed by atoms with Crippen molar-refractivity contribution in [3.8, 4) is 0 Å². The van der Waals surface area contributed by atoms with Gasteiger partial charge in [-0.2, -0.15) is 11.3 Å². The van der Waals surface area contributed by atoms with Crippen LogP contribution < -0.4 is 10.6 Å². The predicted octanol–water partition coefficient (Wildman–Crippen LogP) is 2.06. The molecular formula is C12H14N4O2S2. The smallest absolute Gasteiger partial charge is 0.252 e. The van der Waals surface area contributed by atoms with Crippen molar-refractivity contribution in [2.24, 2.45) is 0 Å². The molecule has 0 spiro atoms. The van der Waals surface area contributed by atoms with Gasteiger partial charge < -0.3 is 10.6 Å². The number of nitrogens with zero attached hydrogens (tertiary/aromatic N) is 2. The van der Waals surface area contributed by atoms with Gasteiger partial charge in [0.1, 0.15) is 5.01 Å². The Morgan fingerprint density at radius 2 is 2.20 bits per heavy atom. The van der Waals surface area contributed by atoms with Gasteiger partial charge in [0, 0.05) is 23.9 Å². The maximum absolute atomic E-state index is 11.6. The van der Waals surface area contributed by atoms with Crippen molar-refractivity contribution in [1.82, 2.24) is 15.5 Å². The van der Waals surface area contributed by atoms with Gasteiger partial charge in [-0.05, 0) is 24.8 Å². The van der Waals surface area contributed by atoms with Gasteiger partial charge in [0.15, 0.2) is 0 Å². The lowest BCUT2D eigenvalue weighted by molar-refractivity contribution is -0.116. The lowest BCUT2D eigenvalue weighted by Gasteiger charge is -2.03. The Morgan fingerprint density at radius 3 is 2.85 bits per heavy atom. The fraction of sp³-hybridized carbons (Fsp3) is 0.333. The molecule has 0 radical (unpaired) electrons. The highest BCUT2D eigenvalue weighted by Gasteiger charge is 2.07. The standard InChI is InChI=1S/C12H14N4O2S2/c1-8-15-16-12(20-8)14-10(17)3-2-5-13-11(18)9-4-6-19-7-9/h4,6-7H,2-3,5H2,1H3,(H,13,18)(H,14,16,17). The van der Waals surface area contributed by atoms with Gasteiger partial charge in [0.05, 0.1) is 0 Å². The van der Waals surface area contributed by atoms with Gasteiger partial charge >= 0.3 is 0 Å². The zero-order chi connectivity index (χ0) is 14.4. The summed E-state index contributed by atoms with van der Waals surface area (Å²) in [6.07, 6.45) is 0.919. The van der Waals surface area contributed by atoms with Gasteiger partial charge in [-0.3, -0.25) is 9.59 Å². The zero-order valence-corrected chi connectivity index (χ0v) is 12.5. The summed E-state index contributed by atoms with van der Waals surface area (Å²) in [5.74, 6) is -0.225. The number of rotatable bonds is 6. The molecule has 8 heteroatoms. The summed E-state index contributed by atoms with van der Waals surface area (Å²) in [7, 11) is 0. The van der Waals surface area contributed by atoms with Crippen LogP contribution in [0.3, 0.4) is 0 Å². The van der Waals surface area contributed by atoms with E-state index in [-0.39, 0.29) is 11.8 Å². The van der Waals surface area contributed by atoms with Crippen molar-refractivity contribution in [1.29, 1.82) is 0 Å². The second-order valence-corrected chi connectivity index (χ2v) is 6.01. The molecule has 0 fully saturated rings. The van der Waals surface area contributed by atoms with Crippen molar-refractivity contribution in [3.05, 3.63) is 27.4 Å². The molecule has 2 rings (SSSR count). The first-order chi connectivity index (χ1) is 9.65. The monoisotopic (exact) mass is 310 g/mol. The molecule has 0 aliphatic rings. The summed E-state index contributed by atoms with van der Waals surface area (Å²) < 4.78 is 0. The highest BCUT2D eigenvalue weighted by molar-refractivity contribution is 7.15. The number of nitrogens with one attached hydrogen (secondary N) is 2. The molecule has 0 atom stereocenters. The summed E-state index contributed by atoms with van der Waals surface area (Å²) in [6.45, 7) is 2.30. The second kappa shape index (κ2) is 7.11. The highest BCUT2D eigenvalue weighted by atomic mass is 32.1. The molecule has 0 bridgehead atoms. The van der Waals surface area contributed by atoms with E-state index in [1.165, 1.54) is 22.7 Å². The highest BCUT2D eigenvalue weighted by Crippen LogP contribution is 2.13. The Balaban J connectivity index is 1.63. The van der Waals surface area contributed by atoms with E-state index in [1.807, 2.05) is 12.3 Å². The van der Waals surface area contributed by atoms with Crippen LogP contribution in [0, 0.1) is 6.92 Å². The Labute approximate surface area is 124 Å². The molecule has 0 aromatic carbocycles. The number of hydrogen-bond acceptors (Lipinski definition) is 6. The Morgan fingerprint density at radius 1 is 1.35 bits per heavy atom. The number of aromatic nitrogens is 2. The third-order valence-electron chi connectivity index (χ3n) is 2.42. The summed E-state index contributed by atoms with van der Waals surface area (Å²) in [5.41, 5.74) is 0.656. The van der Waals surface area contributed by atoms with Crippen molar-refractivity contribution in [3.63, 3.8) is 0 Å². The summed E-state index contributed by atoms with van der Waals surface area (Å²) >= 11 is 2.81. The number of carbonyl (C=O) groups excluding carboxylic acids is 2. The van der Waals surface area contributed by atoms with E-state index >= 15 is 0 Å². The molecule has 6 nitrogen and oxygen atoms in total. The average Bonchev–Trinajstić information content (AvgIpc) is 3.06. The SMILES string of the molecule is Cc1nnc(NC(=O)CCCNC(=O)c2ccsc2)s1. The molecule has 0 unspecified atom stereocenters. The first kappa shape index (κ1) is 14.6. The number of thiophene rings is 1. The van der Waals surface area contributed by atoms with E-state index in [4.69, 9.17) is 0 Å². The molecule has 2 amide bonds. The Hall–Kier alpha value is -1.80. The van der Waals surface area contributed by atoms with Gasteiger partial charge in [-0.15, -0.1) is 10.2 Å². The van der Waals surface area contributed by atoms with Crippen LogP contribution >= 0.6 is 22.7 Å². The Kier molecular flexibility index (Phi) is 5.19. The molecule has 0 saturated carbocycles. The van der Waals surface area contributed by atoms with Crippen LogP contribution in [0.15, 0.2) is 16.8 Å². The second-order valence-electron chi connectivity index (χ2n) is 4.05. The van der Waals surface area contributed by atoms with Crippen LogP contribution in [0.4, 0.5) is 5.13 Å². The molecular weight excluding hydrogens is 296 g/mol. The van der Waals surface area contributed by atoms with Crippen molar-refractivity contribution >= 4 is 39.6 Å². The van der Waals surface area contributed by atoms with Crippen LogP contribution in [-0.4, -0.2) is 28.6 Å². The van der Waals surface area contributed by atoms with Crippen LogP contribution in [0.25, 0.3) is 0 Å². The van der Waals surface area contributed by atoms with E-state index in [0.29, 0.717) is 30.1 Å². The fourth-order valence-corrected chi connectivity index (χ4v) is 2.72. The van der Waals surface area contributed by atoms with Crippen LogP contribution in [0.1, 0.15) is 28.2 Å². The first-order valence-corrected chi connectivity index (χ1v) is 7.81. The number of anilines is 1. The summed E-state index contributed by atoms with van der Waals surface area (Å²) in [6, 6.07) is 1.77. The lowest BCUT2D eigenvalue weighted by Crippen LogP contribution is -2.25. The Bertz CT molecular complexity index is 580. The molecule has 2 N–H and O–H groups in total. The molecule has 2 heterocycles. The summed E-state index contributed by atoms with van der Waals surface area (Å²) in [5, 5.41) is 18.0. The normalized spacial score (nSPS) is 10.2. The number of aryl methyl sites for hydroxylation is 1. The van der Waals surface area contributed by atoms with Crippen LogP contribution in [0.5, 0.6) is 0 Å². The van der Waals surface area contributed by atoms with Crippen molar-refractivity contribution < 1.29 is 9.59 Å². The van der Waals surface area contributed by atoms with Gasteiger partial charge in [-0.25, -0.2) is 0 Å². The summed E-state index contributed by atoms with van der Waals surface area (Å²) in [4.78, 5) is 23.2. The van der Waals surface area contributed by atoms with Crippen molar-refractivity contribution in [2.75, 3.05) is 11.9 Å². The largest absolute Gasteiger partial charge is 0.352 e.